The summed E-state index contributed by atoms with van der Waals surface area (Å²) >= 11 is 0. The van der Waals surface area contributed by atoms with Gasteiger partial charge in [-0.3, -0.25) is 4.79 Å². The van der Waals surface area contributed by atoms with Crippen molar-refractivity contribution in [2.45, 2.75) is 25.3 Å². The van der Waals surface area contributed by atoms with Gasteiger partial charge in [0.2, 0.25) is 0 Å². The summed E-state index contributed by atoms with van der Waals surface area (Å²) < 4.78 is 18.3. The fourth-order valence-corrected chi connectivity index (χ4v) is 2.69. The number of carboxylic acids is 1. The van der Waals surface area contributed by atoms with Gasteiger partial charge in [0.1, 0.15) is 11.6 Å². The van der Waals surface area contributed by atoms with E-state index in [9.17, 15) is 9.18 Å². The van der Waals surface area contributed by atoms with Gasteiger partial charge in [-0.2, -0.15) is 0 Å². The molecule has 2 N–H and O–H groups in total. The van der Waals surface area contributed by atoms with E-state index in [4.69, 9.17) is 9.84 Å². The third-order valence-corrected chi connectivity index (χ3v) is 3.92. The largest absolute Gasteiger partial charge is 0.494 e. The molecule has 1 aromatic rings. The lowest BCUT2D eigenvalue weighted by Crippen LogP contribution is -2.47. The van der Waals surface area contributed by atoms with Gasteiger partial charge in [-0.15, -0.1) is 12.4 Å². The summed E-state index contributed by atoms with van der Waals surface area (Å²) in [5.74, 6) is -0.416. The highest BCUT2D eigenvalue weighted by Crippen LogP contribution is 2.20. The minimum Gasteiger partial charge on any atom is -0.494 e. The van der Waals surface area contributed by atoms with Gasteiger partial charge in [0.25, 0.3) is 0 Å². The molecule has 23 heavy (non-hydrogen) atoms. The number of rotatable bonds is 8. The van der Waals surface area contributed by atoms with E-state index in [-0.39, 0.29) is 30.3 Å². The van der Waals surface area contributed by atoms with Gasteiger partial charge in [0.05, 0.1) is 13.2 Å². The second kappa shape index (κ2) is 9.05. The Hall–Kier alpha value is -1.37. The summed E-state index contributed by atoms with van der Waals surface area (Å²) in [5, 5.41) is 11.8. The second-order valence-corrected chi connectivity index (χ2v) is 5.99. The Kier molecular flexibility index (Phi) is 7.75. The summed E-state index contributed by atoms with van der Waals surface area (Å²) in [5.41, 5.74) is -0.129. The van der Waals surface area contributed by atoms with Crippen LogP contribution in [0.2, 0.25) is 0 Å². The highest BCUT2D eigenvalue weighted by atomic mass is 35.5. The Labute approximate surface area is 142 Å². The highest BCUT2D eigenvalue weighted by Gasteiger charge is 2.33. The third kappa shape index (κ3) is 6.72. The molecule has 1 fully saturated rings. The van der Waals surface area contributed by atoms with Crippen LogP contribution in [-0.2, 0) is 4.79 Å². The Morgan fingerprint density at radius 3 is 2.78 bits per heavy atom. The van der Waals surface area contributed by atoms with E-state index in [0.717, 1.165) is 32.5 Å². The van der Waals surface area contributed by atoms with Crippen LogP contribution in [0.25, 0.3) is 0 Å². The third-order valence-electron chi connectivity index (χ3n) is 3.92. The van der Waals surface area contributed by atoms with Crippen LogP contribution in [0.1, 0.15) is 19.8 Å². The van der Waals surface area contributed by atoms with Crippen molar-refractivity contribution in [2.75, 3.05) is 32.8 Å². The molecule has 0 saturated carbocycles. The Morgan fingerprint density at radius 1 is 1.43 bits per heavy atom. The molecule has 1 saturated heterocycles. The second-order valence-electron chi connectivity index (χ2n) is 5.99. The van der Waals surface area contributed by atoms with Crippen LogP contribution < -0.4 is 10.1 Å². The first-order valence-corrected chi connectivity index (χ1v) is 7.54. The fourth-order valence-electron chi connectivity index (χ4n) is 2.69. The molecule has 1 aromatic carbocycles. The van der Waals surface area contributed by atoms with E-state index in [1.807, 2.05) is 0 Å². The van der Waals surface area contributed by atoms with Crippen LogP contribution >= 0.6 is 12.4 Å². The summed E-state index contributed by atoms with van der Waals surface area (Å²) in [4.78, 5) is 12.9. The lowest BCUT2D eigenvalue weighted by Gasteiger charge is -2.25. The molecular weight excluding hydrogens is 323 g/mol. The lowest BCUT2D eigenvalue weighted by atomic mass is 10.0. The summed E-state index contributed by atoms with van der Waals surface area (Å²) in [7, 11) is 0. The molecule has 0 aliphatic carbocycles. The van der Waals surface area contributed by atoms with Crippen LogP contribution in [-0.4, -0.2) is 54.3 Å². The van der Waals surface area contributed by atoms with E-state index < -0.39 is 5.97 Å². The van der Waals surface area contributed by atoms with Gasteiger partial charge >= 0.3 is 5.97 Å². The van der Waals surface area contributed by atoms with E-state index in [1.54, 1.807) is 12.1 Å². The zero-order valence-electron chi connectivity index (χ0n) is 13.3. The van der Waals surface area contributed by atoms with Gasteiger partial charge in [0.15, 0.2) is 0 Å². The Morgan fingerprint density at radius 2 is 2.13 bits per heavy atom. The molecule has 0 amide bonds. The van der Waals surface area contributed by atoms with Crippen molar-refractivity contribution in [3.05, 3.63) is 30.1 Å². The SMILES string of the molecule is CC1(NCC(=O)O)CCN(CCCOc2ccc(F)cc2)C1.Cl. The summed E-state index contributed by atoms with van der Waals surface area (Å²) in [6, 6.07) is 6.01. The van der Waals surface area contributed by atoms with Crippen molar-refractivity contribution in [3.63, 3.8) is 0 Å². The molecule has 1 atom stereocenters. The lowest BCUT2D eigenvalue weighted by molar-refractivity contribution is -0.136. The van der Waals surface area contributed by atoms with Crippen molar-refractivity contribution in [1.29, 1.82) is 0 Å². The van der Waals surface area contributed by atoms with E-state index in [0.29, 0.717) is 12.4 Å². The predicted octanol–water partition coefficient (Wildman–Crippen LogP) is 2.15. The number of benzene rings is 1. The van der Waals surface area contributed by atoms with Crippen molar-refractivity contribution in [2.24, 2.45) is 0 Å². The number of hydrogen-bond donors (Lipinski definition) is 2. The monoisotopic (exact) mass is 346 g/mol. The van der Waals surface area contributed by atoms with Crippen LogP contribution in [0.4, 0.5) is 4.39 Å². The molecule has 1 aliphatic heterocycles. The number of halogens is 2. The first-order chi connectivity index (χ1) is 10.5. The zero-order chi connectivity index (χ0) is 16.0. The number of aliphatic carboxylic acids is 1. The molecule has 7 heteroatoms. The number of carboxylic acid groups (broad SMARTS) is 1. The van der Waals surface area contributed by atoms with Crippen LogP contribution in [0, 0.1) is 5.82 Å². The van der Waals surface area contributed by atoms with E-state index in [2.05, 4.69) is 17.1 Å². The van der Waals surface area contributed by atoms with Crippen LogP contribution in [0.15, 0.2) is 24.3 Å². The number of ether oxygens (including phenoxy) is 1. The van der Waals surface area contributed by atoms with Gasteiger partial charge in [0, 0.05) is 25.2 Å². The average Bonchev–Trinajstić information content (AvgIpc) is 2.86. The number of nitrogens with zero attached hydrogens (tertiary/aromatic N) is 1. The number of hydrogen-bond acceptors (Lipinski definition) is 4. The molecule has 0 spiro atoms. The molecule has 0 bridgehead atoms. The maximum absolute atomic E-state index is 12.8. The topological polar surface area (TPSA) is 61.8 Å². The molecule has 2 rings (SSSR count). The number of likely N-dealkylation sites (tertiary alicyclic amines) is 1. The molecule has 130 valence electrons. The van der Waals surface area contributed by atoms with Crippen molar-refractivity contribution < 1.29 is 19.0 Å². The molecular formula is C16H24ClFN2O3. The maximum Gasteiger partial charge on any atom is 0.317 e. The van der Waals surface area contributed by atoms with Crippen LogP contribution in [0.3, 0.4) is 0 Å². The molecule has 1 unspecified atom stereocenters. The van der Waals surface area contributed by atoms with E-state index >= 15 is 0 Å². The van der Waals surface area contributed by atoms with Crippen molar-refractivity contribution >= 4 is 18.4 Å². The Bertz CT molecular complexity index is 501. The average molecular weight is 347 g/mol. The minimum absolute atomic E-state index is 0. The normalized spacial score (nSPS) is 21.0. The maximum atomic E-state index is 12.8. The standard InChI is InChI=1S/C16H23FN2O3.ClH/c1-16(18-11-15(20)21)7-9-19(12-16)8-2-10-22-14-5-3-13(17)4-6-14;/h3-6,18H,2,7-12H2,1H3,(H,20,21);1H. The molecule has 1 aliphatic rings. The van der Waals surface area contributed by atoms with Gasteiger partial charge in [-0.05, 0) is 44.0 Å². The predicted molar refractivity (Wildman–Crippen MR) is 88.9 cm³/mol. The van der Waals surface area contributed by atoms with Crippen molar-refractivity contribution in [1.82, 2.24) is 10.2 Å². The molecule has 0 radical (unpaired) electrons. The number of nitrogens with one attached hydrogen (secondary N) is 1. The minimum atomic E-state index is -0.827. The van der Waals surface area contributed by atoms with Gasteiger partial charge in [-0.1, -0.05) is 0 Å². The van der Waals surface area contributed by atoms with Gasteiger partial charge < -0.3 is 20.1 Å². The smallest absolute Gasteiger partial charge is 0.317 e. The molecule has 1 heterocycles. The molecule has 0 aromatic heterocycles. The highest BCUT2D eigenvalue weighted by molar-refractivity contribution is 5.85. The molecule has 5 nitrogen and oxygen atoms in total. The Balaban J connectivity index is 0.00000264. The fraction of sp³-hybridized carbons (Fsp3) is 0.562. The van der Waals surface area contributed by atoms with Crippen molar-refractivity contribution in [3.8, 4) is 5.75 Å². The first kappa shape index (κ1) is 19.7. The van der Waals surface area contributed by atoms with Crippen LogP contribution in [0.5, 0.6) is 5.75 Å². The zero-order valence-corrected chi connectivity index (χ0v) is 14.1. The number of carbonyl (C=O) groups is 1. The summed E-state index contributed by atoms with van der Waals surface area (Å²) in [6.45, 7) is 5.35. The summed E-state index contributed by atoms with van der Waals surface area (Å²) in [6.07, 6.45) is 1.82. The van der Waals surface area contributed by atoms with E-state index in [1.165, 1.54) is 12.1 Å². The quantitative estimate of drug-likeness (QED) is 0.706. The first-order valence-electron chi connectivity index (χ1n) is 7.54. The van der Waals surface area contributed by atoms with Gasteiger partial charge in [-0.25, -0.2) is 4.39 Å².